The number of carbonyl (C=O) groups excluding carboxylic acids is 1. The lowest BCUT2D eigenvalue weighted by molar-refractivity contribution is 0.0936. The molecule has 1 amide bonds. The van der Waals surface area contributed by atoms with Gasteiger partial charge in [-0.2, -0.15) is 0 Å². The Morgan fingerprint density at radius 1 is 1.22 bits per heavy atom. The van der Waals surface area contributed by atoms with Gasteiger partial charge in [0.15, 0.2) is 0 Å². The van der Waals surface area contributed by atoms with Crippen LogP contribution in [0.1, 0.15) is 42.1 Å². The van der Waals surface area contributed by atoms with Gasteiger partial charge in [0.25, 0.3) is 5.91 Å². The first-order chi connectivity index (χ1) is 10.9. The first kappa shape index (κ1) is 19.6. The Balaban J connectivity index is 2.84. The number of ether oxygens (including phenoxy) is 1. The monoisotopic (exact) mass is 342 g/mol. The molecule has 7 heteroatoms. The van der Waals surface area contributed by atoms with Crippen molar-refractivity contribution in [2.45, 2.75) is 38.0 Å². The van der Waals surface area contributed by atoms with Gasteiger partial charge >= 0.3 is 0 Å². The van der Waals surface area contributed by atoms with Crippen molar-refractivity contribution in [3.63, 3.8) is 0 Å². The van der Waals surface area contributed by atoms with Gasteiger partial charge in [-0.15, -0.1) is 0 Å². The van der Waals surface area contributed by atoms with Gasteiger partial charge in [-0.3, -0.25) is 4.79 Å². The third-order valence-corrected chi connectivity index (χ3v) is 4.89. The van der Waals surface area contributed by atoms with Crippen molar-refractivity contribution in [3.05, 3.63) is 29.3 Å². The summed E-state index contributed by atoms with van der Waals surface area (Å²) in [4.78, 5) is 12.2. The second kappa shape index (κ2) is 9.64. The summed E-state index contributed by atoms with van der Waals surface area (Å²) in [5.41, 5.74) is 1.09. The van der Waals surface area contributed by atoms with Gasteiger partial charge in [-0.25, -0.2) is 13.1 Å². The summed E-state index contributed by atoms with van der Waals surface area (Å²) in [5.74, 6) is -0.303. The lowest BCUT2D eigenvalue weighted by Crippen LogP contribution is -2.28. The maximum atomic E-state index is 12.3. The molecule has 6 nitrogen and oxygen atoms in total. The summed E-state index contributed by atoms with van der Waals surface area (Å²) < 4.78 is 32.0. The van der Waals surface area contributed by atoms with Crippen LogP contribution in [0.4, 0.5) is 0 Å². The van der Waals surface area contributed by atoms with Crippen LogP contribution in [0.25, 0.3) is 0 Å². The van der Waals surface area contributed by atoms with Crippen molar-refractivity contribution in [3.8, 4) is 0 Å². The number of sulfonamides is 1. The second-order valence-electron chi connectivity index (χ2n) is 5.33. The van der Waals surface area contributed by atoms with Crippen LogP contribution in [0.2, 0.25) is 0 Å². The molecule has 0 saturated heterocycles. The molecule has 0 atom stereocenters. The van der Waals surface area contributed by atoms with Crippen LogP contribution in [0.5, 0.6) is 0 Å². The molecule has 1 aromatic rings. The summed E-state index contributed by atoms with van der Waals surface area (Å²) in [5, 5.41) is 2.70. The zero-order valence-electron chi connectivity index (χ0n) is 14.0. The number of aryl methyl sites for hydroxylation is 1. The molecule has 0 aliphatic carbocycles. The second-order valence-corrected chi connectivity index (χ2v) is 7.10. The van der Waals surface area contributed by atoms with E-state index in [0.717, 1.165) is 24.8 Å². The summed E-state index contributed by atoms with van der Waals surface area (Å²) in [6.45, 7) is 5.02. The van der Waals surface area contributed by atoms with E-state index in [0.29, 0.717) is 25.3 Å². The molecule has 0 saturated carbocycles. The van der Waals surface area contributed by atoms with Crippen LogP contribution in [-0.4, -0.2) is 41.1 Å². The van der Waals surface area contributed by atoms with Gasteiger partial charge in [0.1, 0.15) is 0 Å². The fourth-order valence-electron chi connectivity index (χ4n) is 2.04. The molecular weight excluding hydrogens is 316 g/mol. The van der Waals surface area contributed by atoms with E-state index in [2.05, 4.69) is 17.0 Å². The Kier molecular flexibility index (Phi) is 8.22. The van der Waals surface area contributed by atoms with Crippen molar-refractivity contribution in [1.82, 2.24) is 10.0 Å². The van der Waals surface area contributed by atoms with Crippen LogP contribution >= 0.6 is 0 Å². The third kappa shape index (κ3) is 6.29. The smallest absolute Gasteiger partial charge is 0.251 e. The number of carbonyl (C=O) groups is 1. The van der Waals surface area contributed by atoms with E-state index < -0.39 is 10.0 Å². The fraction of sp³-hybridized carbons (Fsp3) is 0.562. The standard InChI is InChI=1S/C16H26N2O4S/c1-4-5-6-9-18-23(20,21)14-8-7-13(2)15(12-14)16(19)17-10-11-22-3/h7-8,12,18H,4-6,9-11H2,1-3H3,(H,17,19). The molecular formula is C16H26N2O4S. The van der Waals surface area contributed by atoms with Gasteiger partial charge in [-0.05, 0) is 31.0 Å². The molecule has 0 aliphatic heterocycles. The molecule has 130 valence electrons. The Labute approximate surface area is 138 Å². The van der Waals surface area contributed by atoms with Crippen molar-refractivity contribution in [2.75, 3.05) is 26.8 Å². The van der Waals surface area contributed by atoms with E-state index in [4.69, 9.17) is 4.74 Å². The van der Waals surface area contributed by atoms with Gasteiger partial charge in [0.2, 0.25) is 10.0 Å². The van der Waals surface area contributed by atoms with Crippen molar-refractivity contribution in [2.24, 2.45) is 0 Å². The molecule has 2 N–H and O–H groups in total. The highest BCUT2D eigenvalue weighted by molar-refractivity contribution is 7.89. The first-order valence-electron chi connectivity index (χ1n) is 7.79. The minimum Gasteiger partial charge on any atom is -0.383 e. The number of amides is 1. The van der Waals surface area contributed by atoms with Gasteiger partial charge in [-0.1, -0.05) is 25.8 Å². The minimum absolute atomic E-state index is 0.108. The maximum Gasteiger partial charge on any atom is 0.251 e. The number of unbranched alkanes of at least 4 members (excludes halogenated alkanes) is 2. The maximum absolute atomic E-state index is 12.3. The summed E-state index contributed by atoms with van der Waals surface area (Å²) in [6.07, 6.45) is 2.80. The van der Waals surface area contributed by atoms with E-state index in [9.17, 15) is 13.2 Å². The van der Waals surface area contributed by atoms with Gasteiger partial charge < -0.3 is 10.1 Å². The normalized spacial score (nSPS) is 11.4. The summed E-state index contributed by atoms with van der Waals surface area (Å²) in [7, 11) is -2.04. The Morgan fingerprint density at radius 2 is 1.96 bits per heavy atom. The van der Waals surface area contributed by atoms with Crippen LogP contribution in [0.15, 0.2) is 23.1 Å². The molecule has 0 spiro atoms. The topological polar surface area (TPSA) is 84.5 Å². The average Bonchev–Trinajstić information content (AvgIpc) is 2.52. The van der Waals surface area contributed by atoms with Crippen LogP contribution in [0, 0.1) is 6.92 Å². The molecule has 0 bridgehead atoms. The highest BCUT2D eigenvalue weighted by Crippen LogP contribution is 2.15. The largest absolute Gasteiger partial charge is 0.383 e. The lowest BCUT2D eigenvalue weighted by Gasteiger charge is -2.11. The van der Waals surface area contributed by atoms with E-state index in [1.807, 2.05) is 0 Å². The molecule has 0 heterocycles. The number of nitrogens with one attached hydrogen (secondary N) is 2. The van der Waals surface area contributed by atoms with Crippen LogP contribution in [-0.2, 0) is 14.8 Å². The Bertz CT molecular complexity index is 615. The molecule has 0 unspecified atom stereocenters. The van der Waals surface area contributed by atoms with Gasteiger partial charge in [0.05, 0.1) is 11.5 Å². The van der Waals surface area contributed by atoms with E-state index in [1.54, 1.807) is 20.1 Å². The number of rotatable bonds is 10. The molecule has 0 aliphatic rings. The van der Waals surface area contributed by atoms with Crippen molar-refractivity contribution < 1.29 is 17.9 Å². The molecule has 1 rings (SSSR count). The molecule has 1 aromatic carbocycles. The van der Waals surface area contributed by atoms with Gasteiger partial charge in [0, 0.05) is 25.8 Å². The number of hydrogen-bond donors (Lipinski definition) is 2. The zero-order valence-corrected chi connectivity index (χ0v) is 14.8. The minimum atomic E-state index is -3.59. The predicted octanol–water partition coefficient (Wildman–Crippen LogP) is 1.84. The highest BCUT2D eigenvalue weighted by Gasteiger charge is 2.17. The van der Waals surface area contributed by atoms with Crippen molar-refractivity contribution >= 4 is 15.9 Å². The van der Waals surface area contributed by atoms with E-state index in [1.165, 1.54) is 12.1 Å². The van der Waals surface area contributed by atoms with Crippen LogP contribution < -0.4 is 10.0 Å². The number of methoxy groups -OCH3 is 1. The average molecular weight is 342 g/mol. The first-order valence-corrected chi connectivity index (χ1v) is 9.28. The third-order valence-electron chi connectivity index (χ3n) is 3.43. The highest BCUT2D eigenvalue weighted by atomic mass is 32.2. The number of benzene rings is 1. The SMILES string of the molecule is CCCCCNS(=O)(=O)c1ccc(C)c(C(=O)NCCOC)c1. The summed E-state index contributed by atoms with van der Waals surface area (Å²) >= 11 is 0. The molecule has 0 radical (unpaired) electrons. The quantitative estimate of drug-likeness (QED) is 0.636. The zero-order chi connectivity index (χ0) is 17.3. The van der Waals surface area contributed by atoms with E-state index >= 15 is 0 Å². The fourth-order valence-corrected chi connectivity index (χ4v) is 3.14. The molecule has 23 heavy (non-hydrogen) atoms. The Hall–Kier alpha value is -1.44. The number of hydrogen-bond acceptors (Lipinski definition) is 4. The Morgan fingerprint density at radius 3 is 2.61 bits per heavy atom. The molecule has 0 fully saturated rings. The predicted molar refractivity (Wildman–Crippen MR) is 90.1 cm³/mol. The van der Waals surface area contributed by atoms with E-state index in [-0.39, 0.29) is 10.8 Å². The molecule has 0 aromatic heterocycles. The van der Waals surface area contributed by atoms with Crippen LogP contribution in [0.3, 0.4) is 0 Å². The summed E-state index contributed by atoms with van der Waals surface area (Å²) in [6, 6.07) is 4.58. The van der Waals surface area contributed by atoms with Crippen molar-refractivity contribution in [1.29, 1.82) is 0 Å². The lowest BCUT2D eigenvalue weighted by atomic mass is 10.1.